The summed E-state index contributed by atoms with van der Waals surface area (Å²) < 4.78 is 5.13. The van der Waals surface area contributed by atoms with Crippen LogP contribution in [0, 0.1) is 5.92 Å². The van der Waals surface area contributed by atoms with E-state index in [2.05, 4.69) is 25.0 Å². The molecule has 0 heterocycles. The van der Waals surface area contributed by atoms with Crippen molar-refractivity contribution in [1.82, 2.24) is 5.32 Å². The van der Waals surface area contributed by atoms with Crippen LogP contribution in [0.25, 0.3) is 0 Å². The van der Waals surface area contributed by atoms with E-state index in [1.807, 2.05) is 30.3 Å². The first-order valence-corrected chi connectivity index (χ1v) is 11.1. The van der Waals surface area contributed by atoms with Crippen molar-refractivity contribution in [1.29, 1.82) is 0 Å². The molecule has 1 unspecified atom stereocenters. The largest absolute Gasteiger partial charge is 0.481 e. The second kappa shape index (κ2) is 8.58. The number of carbonyl (C=O) groups excluding carboxylic acids is 1. The molecule has 1 amide bonds. The lowest BCUT2D eigenvalue weighted by Gasteiger charge is -2.23. The lowest BCUT2D eigenvalue weighted by atomic mass is 10.1. The van der Waals surface area contributed by atoms with Gasteiger partial charge in [0, 0.05) is 21.0 Å². The second-order valence-corrected chi connectivity index (χ2v) is 12.2. The fourth-order valence-corrected chi connectivity index (χ4v) is 4.35. The molecule has 122 valence electrons. The zero-order valence-electron chi connectivity index (χ0n) is 13.5. The average Bonchev–Trinajstić information content (AvgIpc) is 2.41. The Morgan fingerprint density at radius 2 is 1.86 bits per heavy atom. The summed E-state index contributed by atoms with van der Waals surface area (Å²) >= 11 is 0. The highest BCUT2D eigenvalue weighted by Crippen LogP contribution is 2.19. The molecule has 0 saturated carbocycles. The van der Waals surface area contributed by atoms with Crippen molar-refractivity contribution in [3.05, 3.63) is 35.9 Å². The van der Waals surface area contributed by atoms with Gasteiger partial charge in [-0.3, -0.25) is 4.79 Å². The van der Waals surface area contributed by atoms with Crippen molar-refractivity contribution in [2.24, 2.45) is 5.92 Å². The fourth-order valence-electron chi connectivity index (χ4n) is 2.33. The van der Waals surface area contributed by atoms with Crippen molar-refractivity contribution >= 4 is 20.1 Å². The number of rotatable bonds is 8. The molecule has 1 atom stereocenters. The van der Waals surface area contributed by atoms with Crippen LogP contribution < -0.4 is 5.32 Å². The van der Waals surface area contributed by atoms with Crippen LogP contribution in [0.2, 0.25) is 25.7 Å². The molecular weight excluding hydrogens is 298 g/mol. The number of carbonyl (C=O) groups is 2. The van der Waals surface area contributed by atoms with Crippen LogP contribution >= 0.6 is 0 Å². The molecule has 0 aromatic heterocycles. The Morgan fingerprint density at radius 3 is 2.41 bits per heavy atom. The Balaban J connectivity index is 2.39. The molecular formula is C16H25NO4Si. The van der Waals surface area contributed by atoms with Gasteiger partial charge in [-0.05, 0) is 11.5 Å². The van der Waals surface area contributed by atoms with E-state index in [-0.39, 0.29) is 18.9 Å². The summed E-state index contributed by atoms with van der Waals surface area (Å²) in [4.78, 5) is 22.6. The number of alkyl carbamates (subject to hydrolysis) is 1. The predicted molar refractivity (Wildman–Crippen MR) is 88.5 cm³/mol. The third-order valence-corrected chi connectivity index (χ3v) is 4.91. The molecule has 0 spiro atoms. The predicted octanol–water partition coefficient (Wildman–Crippen LogP) is 3.34. The molecule has 0 aliphatic rings. The Bertz CT molecular complexity index is 485. The molecule has 1 rings (SSSR count). The van der Waals surface area contributed by atoms with Gasteiger partial charge in [-0.15, -0.1) is 0 Å². The number of benzene rings is 1. The number of aliphatic carboxylic acids is 1. The average molecular weight is 323 g/mol. The quantitative estimate of drug-likeness (QED) is 0.719. The normalized spacial score (nSPS) is 12.5. The van der Waals surface area contributed by atoms with Gasteiger partial charge in [0.2, 0.25) is 0 Å². The van der Waals surface area contributed by atoms with E-state index in [4.69, 9.17) is 9.84 Å². The topological polar surface area (TPSA) is 75.6 Å². The van der Waals surface area contributed by atoms with Crippen molar-refractivity contribution in [2.45, 2.75) is 38.7 Å². The summed E-state index contributed by atoms with van der Waals surface area (Å²) in [7, 11) is -1.39. The van der Waals surface area contributed by atoms with Crippen molar-refractivity contribution in [2.75, 3.05) is 6.54 Å². The molecule has 1 aromatic carbocycles. The summed E-state index contributed by atoms with van der Waals surface area (Å²) in [5, 5.41) is 11.6. The molecule has 0 bridgehead atoms. The summed E-state index contributed by atoms with van der Waals surface area (Å²) in [6.07, 6.45) is -0.432. The first kappa shape index (κ1) is 18.2. The lowest BCUT2D eigenvalue weighted by molar-refractivity contribution is -0.137. The number of carboxylic acids is 1. The smallest absolute Gasteiger partial charge is 0.407 e. The highest BCUT2D eigenvalue weighted by atomic mass is 28.3. The summed E-state index contributed by atoms with van der Waals surface area (Å²) in [5.74, 6) is -0.879. The van der Waals surface area contributed by atoms with Gasteiger partial charge in [0.1, 0.15) is 6.61 Å². The third kappa shape index (κ3) is 8.46. The zero-order chi connectivity index (χ0) is 16.6. The standard InChI is InChI=1S/C16H25NO4Si/c1-22(2,3)12-14(9-15(18)19)10-17-16(20)21-11-13-7-5-4-6-8-13/h4-8,14H,9-12H2,1-3H3,(H,17,20)(H,18,19). The Kier molecular flexibility index (Phi) is 7.11. The van der Waals surface area contributed by atoms with Crippen molar-refractivity contribution < 1.29 is 19.4 Å². The van der Waals surface area contributed by atoms with Gasteiger partial charge < -0.3 is 15.2 Å². The number of hydrogen-bond acceptors (Lipinski definition) is 3. The van der Waals surface area contributed by atoms with E-state index in [0.717, 1.165) is 11.6 Å². The van der Waals surface area contributed by atoms with Crippen LogP contribution in [-0.4, -0.2) is 31.8 Å². The van der Waals surface area contributed by atoms with E-state index < -0.39 is 20.1 Å². The minimum absolute atomic E-state index is 0.0477. The fraction of sp³-hybridized carbons (Fsp3) is 0.500. The minimum atomic E-state index is -1.39. The highest BCUT2D eigenvalue weighted by Gasteiger charge is 2.23. The monoisotopic (exact) mass is 323 g/mol. The van der Waals surface area contributed by atoms with Crippen LogP contribution in [0.15, 0.2) is 30.3 Å². The first-order valence-electron chi connectivity index (χ1n) is 7.42. The molecule has 6 heteroatoms. The Hall–Kier alpha value is -1.82. The van der Waals surface area contributed by atoms with E-state index in [1.54, 1.807) is 0 Å². The first-order chi connectivity index (χ1) is 10.3. The molecule has 0 saturated heterocycles. The van der Waals surface area contributed by atoms with E-state index >= 15 is 0 Å². The molecule has 0 radical (unpaired) electrons. The van der Waals surface area contributed by atoms with Crippen LogP contribution in [0.4, 0.5) is 4.79 Å². The summed E-state index contributed by atoms with van der Waals surface area (Å²) in [5.41, 5.74) is 0.918. The third-order valence-electron chi connectivity index (χ3n) is 3.11. The van der Waals surface area contributed by atoms with E-state index in [1.165, 1.54) is 0 Å². The van der Waals surface area contributed by atoms with Crippen LogP contribution in [0.1, 0.15) is 12.0 Å². The molecule has 1 aromatic rings. The number of ether oxygens (including phenoxy) is 1. The maximum atomic E-state index is 11.7. The highest BCUT2D eigenvalue weighted by molar-refractivity contribution is 6.76. The van der Waals surface area contributed by atoms with E-state index in [0.29, 0.717) is 6.54 Å². The minimum Gasteiger partial charge on any atom is -0.481 e. The van der Waals surface area contributed by atoms with E-state index in [9.17, 15) is 9.59 Å². The SMILES string of the molecule is C[Si](C)(C)CC(CNC(=O)OCc1ccccc1)CC(=O)O. The van der Waals surface area contributed by atoms with Crippen molar-refractivity contribution in [3.63, 3.8) is 0 Å². The van der Waals surface area contributed by atoms with Gasteiger partial charge in [0.25, 0.3) is 0 Å². The molecule has 0 fully saturated rings. The van der Waals surface area contributed by atoms with Gasteiger partial charge in [0.15, 0.2) is 0 Å². The van der Waals surface area contributed by atoms with Gasteiger partial charge >= 0.3 is 12.1 Å². The van der Waals surface area contributed by atoms with Gasteiger partial charge in [-0.1, -0.05) is 56.0 Å². The summed E-state index contributed by atoms with van der Waals surface area (Å²) in [6, 6.07) is 10.3. The zero-order valence-corrected chi connectivity index (χ0v) is 14.5. The number of hydrogen-bond donors (Lipinski definition) is 2. The maximum Gasteiger partial charge on any atom is 0.407 e. The summed E-state index contributed by atoms with van der Waals surface area (Å²) in [6.45, 7) is 7.12. The number of carboxylic acid groups (broad SMARTS) is 1. The number of nitrogens with one attached hydrogen (secondary N) is 1. The second-order valence-electron chi connectivity index (χ2n) is 6.67. The Labute approximate surface area is 132 Å². The van der Waals surface area contributed by atoms with Gasteiger partial charge in [-0.25, -0.2) is 4.79 Å². The molecule has 2 N–H and O–H groups in total. The van der Waals surface area contributed by atoms with Crippen LogP contribution in [0.5, 0.6) is 0 Å². The van der Waals surface area contributed by atoms with Crippen LogP contribution in [-0.2, 0) is 16.1 Å². The maximum absolute atomic E-state index is 11.7. The molecule has 0 aliphatic heterocycles. The molecule has 5 nitrogen and oxygen atoms in total. The van der Waals surface area contributed by atoms with Gasteiger partial charge in [-0.2, -0.15) is 0 Å². The molecule has 22 heavy (non-hydrogen) atoms. The number of amides is 1. The van der Waals surface area contributed by atoms with Gasteiger partial charge in [0.05, 0.1) is 0 Å². The van der Waals surface area contributed by atoms with Crippen LogP contribution in [0.3, 0.4) is 0 Å². The lowest BCUT2D eigenvalue weighted by Crippen LogP contribution is -2.34. The van der Waals surface area contributed by atoms with Crippen molar-refractivity contribution in [3.8, 4) is 0 Å². The Morgan fingerprint density at radius 1 is 1.23 bits per heavy atom. The molecule has 0 aliphatic carbocycles.